The number of halogens is 1. The van der Waals surface area contributed by atoms with E-state index in [1.165, 1.54) is 4.88 Å². The molecule has 3 atom stereocenters. The van der Waals surface area contributed by atoms with Crippen LogP contribution >= 0.6 is 27.3 Å². The van der Waals surface area contributed by atoms with Gasteiger partial charge in [-0.15, -0.1) is 11.3 Å². The van der Waals surface area contributed by atoms with Gasteiger partial charge in [0.25, 0.3) is 0 Å². The molecule has 1 aliphatic heterocycles. The second kappa shape index (κ2) is 6.88. The summed E-state index contributed by atoms with van der Waals surface area (Å²) in [6.45, 7) is 6.03. The van der Waals surface area contributed by atoms with Crippen LogP contribution in [-0.4, -0.2) is 34.7 Å². The molecule has 0 aromatic carbocycles. The lowest BCUT2D eigenvalue weighted by molar-refractivity contribution is 0.0423. The van der Waals surface area contributed by atoms with Crippen LogP contribution in [0.15, 0.2) is 15.9 Å². The first-order chi connectivity index (χ1) is 9.43. The van der Waals surface area contributed by atoms with E-state index >= 15 is 0 Å². The van der Waals surface area contributed by atoms with E-state index in [-0.39, 0.29) is 12.1 Å². The minimum absolute atomic E-state index is 0.142. The van der Waals surface area contributed by atoms with Gasteiger partial charge in [0.05, 0.1) is 15.4 Å². The fourth-order valence-corrected chi connectivity index (χ4v) is 4.57. The summed E-state index contributed by atoms with van der Waals surface area (Å²) in [6, 6.07) is 4.69. The van der Waals surface area contributed by atoms with Crippen LogP contribution in [0, 0.1) is 0 Å². The van der Waals surface area contributed by atoms with E-state index in [4.69, 9.17) is 5.73 Å². The third-order valence-electron chi connectivity index (χ3n) is 4.25. The van der Waals surface area contributed by atoms with Crippen LogP contribution in [0.2, 0.25) is 0 Å². The lowest BCUT2D eigenvalue weighted by atomic mass is 9.98. The Labute approximate surface area is 134 Å². The Kier molecular flexibility index (Phi) is 5.65. The van der Waals surface area contributed by atoms with E-state index in [1.807, 2.05) is 6.92 Å². The summed E-state index contributed by atoms with van der Waals surface area (Å²) in [4.78, 5) is 3.79. The van der Waals surface area contributed by atoms with E-state index in [1.54, 1.807) is 11.3 Å². The summed E-state index contributed by atoms with van der Waals surface area (Å²) in [5, 5.41) is 10.3. The van der Waals surface area contributed by atoms with Gasteiger partial charge in [-0.1, -0.05) is 6.92 Å². The minimum Gasteiger partial charge on any atom is -0.390 e. The Hall–Kier alpha value is 0.0600. The van der Waals surface area contributed by atoms with Gasteiger partial charge in [-0.3, -0.25) is 4.90 Å². The Morgan fingerprint density at radius 2 is 2.20 bits per heavy atom. The van der Waals surface area contributed by atoms with Gasteiger partial charge in [0.1, 0.15) is 0 Å². The van der Waals surface area contributed by atoms with Gasteiger partial charge in [0.2, 0.25) is 0 Å². The van der Waals surface area contributed by atoms with Crippen molar-refractivity contribution >= 4 is 27.3 Å². The Morgan fingerprint density at radius 1 is 1.45 bits per heavy atom. The first-order valence-electron chi connectivity index (χ1n) is 7.40. The number of likely N-dealkylation sites (tertiary alicyclic amines) is 1. The fraction of sp³-hybridized carbons (Fsp3) is 0.733. The van der Waals surface area contributed by atoms with Crippen molar-refractivity contribution in [3.05, 3.63) is 20.8 Å². The molecule has 20 heavy (non-hydrogen) atoms. The SMILES string of the molecule is CCC(N)C(c1ccc(Br)s1)N1CCCC(C)(O)CC1. The molecule has 1 aromatic rings. The van der Waals surface area contributed by atoms with Crippen molar-refractivity contribution in [2.75, 3.05) is 13.1 Å². The first-order valence-corrected chi connectivity index (χ1v) is 9.01. The lowest BCUT2D eigenvalue weighted by Crippen LogP contribution is -2.41. The van der Waals surface area contributed by atoms with Crippen LogP contribution in [0.3, 0.4) is 0 Å². The van der Waals surface area contributed by atoms with E-state index in [2.05, 4.69) is 39.9 Å². The third kappa shape index (κ3) is 4.04. The van der Waals surface area contributed by atoms with Crippen molar-refractivity contribution in [3.63, 3.8) is 0 Å². The molecule has 1 aliphatic rings. The van der Waals surface area contributed by atoms with Crippen LogP contribution in [0.1, 0.15) is 50.4 Å². The second-order valence-electron chi connectivity index (χ2n) is 6.05. The number of nitrogens with two attached hydrogens (primary N) is 1. The molecule has 3 unspecified atom stereocenters. The van der Waals surface area contributed by atoms with Crippen molar-refractivity contribution in [2.45, 2.75) is 57.2 Å². The van der Waals surface area contributed by atoms with Crippen molar-refractivity contribution in [3.8, 4) is 0 Å². The molecule has 0 saturated carbocycles. The summed E-state index contributed by atoms with van der Waals surface area (Å²) < 4.78 is 1.16. The fourth-order valence-electron chi connectivity index (χ4n) is 2.93. The molecule has 1 aromatic heterocycles. The molecule has 3 nitrogen and oxygen atoms in total. The molecule has 2 heterocycles. The van der Waals surface area contributed by atoms with Crippen LogP contribution in [-0.2, 0) is 0 Å². The largest absolute Gasteiger partial charge is 0.390 e. The molecule has 1 fully saturated rings. The molecule has 0 radical (unpaired) electrons. The van der Waals surface area contributed by atoms with Crippen molar-refractivity contribution in [1.82, 2.24) is 4.90 Å². The standard InChI is InChI=1S/C15H25BrN2OS/c1-3-11(17)14(12-5-6-13(16)20-12)18-9-4-7-15(2,19)8-10-18/h5-6,11,14,19H,3-4,7-10,17H2,1-2H3. The number of rotatable bonds is 4. The van der Waals surface area contributed by atoms with Gasteiger partial charge in [0.15, 0.2) is 0 Å². The van der Waals surface area contributed by atoms with Crippen LogP contribution < -0.4 is 5.73 Å². The highest BCUT2D eigenvalue weighted by atomic mass is 79.9. The summed E-state index contributed by atoms with van der Waals surface area (Å²) in [7, 11) is 0. The molecule has 1 saturated heterocycles. The molecule has 2 rings (SSSR count). The molecule has 0 spiro atoms. The molecular weight excluding hydrogens is 336 g/mol. The van der Waals surface area contributed by atoms with E-state index in [9.17, 15) is 5.11 Å². The summed E-state index contributed by atoms with van der Waals surface area (Å²) >= 11 is 5.32. The Balaban J connectivity index is 2.18. The van der Waals surface area contributed by atoms with Crippen molar-refractivity contribution in [2.24, 2.45) is 5.73 Å². The lowest BCUT2D eigenvalue weighted by Gasteiger charge is -2.34. The monoisotopic (exact) mass is 360 g/mol. The topological polar surface area (TPSA) is 49.5 Å². The summed E-state index contributed by atoms with van der Waals surface area (Å²) in [5.41, 5.74) is 5.87. The highest BCUT2D eigenvalue weighted by Crippen LogP contribution is 2.35. The maximum Gasteiger partial charge on any atom is 0.0702 e. The normalized spacial score (nSPS) is 28.1. The smallest absolute Gasteiger partial charge is 0.0702 e. The van der Waals surface area contributed by atoms with Gasteiger partial charge >= 0.3 is 0 Å². The van der Waals surface area contributed by atoms with Crippen LogP contribution in [0.5, 0.6) is 0 Å². The van der Waals surface area contributed by atoms with Crippen LogP contribution in [0.4, 0.5) is 0 Å². The highest BCUT2D eigenvalue weighted by molar-refractivity contribution is 9.11. The molecule has 0 bridgehead atoms. The molecule has 0 aliphatic carbocycles. The number of hydrogen-bond acceptors (Lipinski definition) is 4. The Morgan fingerprint density at radius 3 is 2.80 bits per heavy atom. The minimum atomic E-state index is -0.522. The first kappa shape index (κ1) is 16.4. The van der Waals surface area contributed by atoms with Crippen molar-refractivity contribution in [1.29, 1.82) is 0 Å². The maximum absolute atomic E-state index is 10.3. The molecule has 3 N–H and O–H groups in total. The average Bonchev–Trinajstić information content (AvgIpc) is 2.73. The maximum atomic E-state index is 10.3. The van der Waals surface area contributed by atoms with Gasteiger partial charge in [-0.05, 0) is 67.2 Å². The number of aliphatic hydroxyl groups is 1. The molecule has 5 heteroatoms. The predicted octanol–water partition coefficient (Wildman–Crippen LogP) is 3.53. The summed E-state index contributed by atoms with van der Waals surface area (Å²) in [5.74, 6) is 0. The van der Waals surface area contributed by atoms with Crippen molar-refractivity contribution < 1.29 is 5.11 Å². The molecular formula is C15H25BrN2OS. The zero-order chi connectivity index (χ0) is 14.8. The average molecular weight is 361 g/mol. The number of thiophene rings is 1. The van der Waals surface area contributed by atoms with Gasteiger partial charge < -0.3 is 10.8 Å². The highest BCUT2D eigenvalue weighted by Gasteiger charge is 2.32. The molecule has 0 amide bonds. The van der Waals surface area contributed by atoms with E-state index < -0.39 is 5.60 Å². The van der Waals surface area contributed by atoms with E-state index in [0.717, 1.165) is 42.6 Å². The van der Waals surface area contributed by atoms with Crippen LogP contribution in [0.25, 0.3) is 0 Å². The number of nitrogens with zero attached hydrogens (tertiary/aromatic N) is 1. The molecule has 114 valence electrons. The zero-order valence-electron chi connectivity index (χ0n) is 12.3. The zero-order valence-corrected chi connectivity index (χ0v) is 14.7. The van der Waals surface area contributed by atoms with E-state index in [0.29, 0.717) is 0 Å². The van der Waals surface area contributed by atoms with Gasteiger partial charge in [-0.2, -0.15) is 0 Å². The second-order valence-corrected chi connectivity index (χ2v) is 8.54. The predicted molar refractivity (Wildman–Crippen MR) is 89.1 cm³/mol. The van der Waals surface area contributed by atoms with Gasteiger partial charge in [0, 0.05) is 17.5 Å². The number of hydrogen-bond donors (Lipinski definition) is 2. The van der Waals surface area contributed by atoms with Gasteiger partial charge in [-0.25, -0.2) is 0 Å². The summed E-state index contributed by atoms with van der Waals surface area (Å²) in [6.07, 6.45) is 3.71. The third-order valence-corrected chi connectivity index (χ3v) is 5.95. The quantitative estimate of drug-likeness (QED) is 0.863. The Bertz CT molecular complexity index is 435.